The van der Waals surface area contributed by atoms with Crippen molar-refractivity contribution in [1.29, 1.82) is 5.26 Å². The van der Waals surface area contributed by atoms with Gasteiger partial charge in [0.25, 0.3) is 0 Å². The zero-order valence-corrected chi connectivity index (χ0v) is 17.5. The van der Waals surface area contributed by atoms with E-state index in [9.17, 15) is 5.26 Å². The number of ether oxygens (including phenoxy) is 1. The summed E-state index contributed by atoms with van der Waals surface area (Å²) in [6.07, 6.45) is 0. The molecule has 0 amide bonds. The van der Waals surface area contributed by atoms with Crippen LogP contribution in [0.1, 0.15) is 16.7 Å². The van der Waals surface area contributed by atoms with Crippen LogP contribution in [0.2, 0.25) is 0 Å². The first-order chi connectivity index (χ1) is 14.0. The second-order valence-corrected chi connectivity index (χ2v) is 7.15. The number of methoxy groups -OCH3 is 1. The van der Waals surface area contributed by atoms with E-state index in [2.05, 4.69) is 46.9 Å². The van der Waals surface area contributed by atoms with Gasteiger partial charge in [0, 0.05) is 24.2 Å². The third kappa shape index (κ3) is 5.33. The van der Waals surface area contributed by atoms with Crippen molar-refractivity contribution < 1.29 is 4.74 Å². The number of anilines is 2. The number of hydrogen-bond donors (Lipinski definition) is 3. The molecule has 6 nitrogen and oxygen atoms in total. The summed E-state index contributed by atoms with van der Waals surface area (Å²) in [5.74, 6) is 1.29. The minimum absolute atomic E-state index is 0.488. The Labute approximate surface area is 175 Å². The van der Waals surface area contributed by atoms with Crippen molar-refractivity contribution in [1.82, 2.24) is 10.3 Å². The molecular formula is C22H23N5OS. The van der Waals surface area contributed by atoms with Gasteiger partial charge in [0.05, 0.1) is 18.2 Å². The predicted octanol–water partition coefficient (Wildman–Crippen LogP) is 4.13. The van der Waals surface area contributed by atoms with Crippen LogP contribution in [0.4, 0.5) is 11.5 Å². The average Bonchev–Trinajstić information content (AvgIpc) is 2.69. The van der Waals surface area contributed by atoms with Gasteiger partial charge in [0.1, 0.15) is 17.6 Å². The van der Waals surface area contributed by atoms with Crippen molar-refractivity contribution in [3.05, 3.63) is 59.2 Å². The Hall–Kier alpha value is -3.37. The second kappa shape index (κ2) is 9.22. The number of rotatable bonds is 6. The molecule has 0 aliphatic carbocycles. The van der Waals surface area contributed by atoms with Crippen molar-refractivity contribution in [2.24, 2.45) is 0 Å². The number of pyridine rings is 1. The fourth-order valence-electron chi connectivity index (χ4n) is 3.08. The van der Waals surface area contributed by atoms with E-state index < -0.39 is 0 Å². The van der Waals surface area contributed by atoms with E-state index in [1.807, 2.05) is 36.4 Å². The molecule has 3 N–H and O–H groups in total. The zero-order valence-electron chi connectivity index (χ0n) is 16.7. The first kappa shape index (κ1) is 20.4. The van der Waals surface area contributed by atoms with Gasteiger partial charge in [-0.05, 0) is 73.6 Å². The molecule has 0 atom stereocenters. The van der Waals surface area contributed by atoms with Crippen molar-refractivity contribution in [3.63, 3.8) is 0 Å². The monoisotopic (exact) mass is 405 g/mol. The van der Waals surface area contributed by atoms with Crippen LogP contribution in [0.5, 0.6) is 5.75 Å². The molecule has 0 saturated heterocycles. The molecule has 0 aliphatic rings. The standard InChI is InChI=1S/C22H23N5OS/c1-14-8-15(2)10-18(9-14)26-22(29)25-7-6-24-21-17(13-23)11-16-12-19(28-3)4-5-20(16)27-21/h4-5,8-12H,6-7H2,1-3H3,(H,24,27)(H2,25,26,29). The molecule has 0 aliphatic heterocycles. The van der Waals surface area contributed by atoms with Crippen LogP contribution < -0.4 is 20.7 Å². The highest BCUT2D eigenvalue weighted by Gasteiger charge is 2.07. The Morgan fingerprint density at radius 2 is 1.86 bits per heavy atom. The highest BCUT2D eigenvalue weighted by molar-refractivity contribution is 7.80. The lowest BCUT2D eigenvalue weighted by molar-refractivity contribution is 0.415. The number of nitrogens with zero attached hydrogens (tertiary/aromatic N) is 2. The van der Waals surface area contributed by atoms with Crippen LogP contribution in [0.25, 0.3) is 10.9 Å². The van der Waals surface area contributed by atoms with Gasteiger partial charge in [-0.2, -0.15) is 5.26 Å². The van der Waals surface area contributed by atoms with Gasteiger partial charge in [0.2, 0.25) is 0 Å². The predicted molar refractivity (Wildman–Crippen MR) is 122 cm³/mol. The summed E-state index contributed by atoms with van der Waals surface area (Å²) >= 11 is 5.36. The molecule has 148 valence electrons. The summed E-state index contributed by atoms with van der Waals surface area (Å²) < 4.78 is 5.23. The van der Waals surface area contributed by atoms with Crippen LogP contribution in [0.3, 0.4) is 0 Å². The lowest BCUT2D eigenvalue weighted by Gasteiger charge is -2.13. The number of benzene rings is 2. The van der Waals surface area contributed by atoms with Crippen molar-refractivity contribution in [2.45, 2.75) is 13.8 Å². The van der Waals surface area contributed by atoms with Crippen molar-refractivity contribution in [2.75, 3.05) is 30.8 Å². The molecule has 3 rings (SSSR count). The Morgan fingerprint density at radius 3 is 2.55 bits per heavy atom. The number of nitriles is 1. The molecule has 2 aromatic carbocycles. The van der Waals surface area contributed by atoms with Gasteiger partial charge in [-0.3, -0.25) is 0 Å². The van der Waals surface area contributed by atoms with E-state index >= 15 is 0 Å². The maximum absolute atomic E-state index is 9.45. The maximum Gasteiger partial charge on any atom is 0.170 e. The Balaban J connectivity index is 1.57. The summed E-state index contributed by atoms with van der Waals surface area (Å²) in [6, 6.07) is 15.8. The first-order valence-electron chi connectivity index (χ1n) is 9.24. The minimum atomic E-state index is 0.488. The number of aromatic nitrogens is 1. The normalized spacial score (nSPS) is 10.3. The van der Waals surface area contributed by atoms with Crippen LogP contribution in [0.15, 0.2) is 42.5 Å². The van der Waals surface area contributed by atoms with E-state index in [0.29, 0.717) is 29.6 Å². The largest absolute Gasteiger partial charge is 0.497 e. The number of fused-ring (bicyclic) bond motifs is 1. The molecule has 0 unspecified atom stereocenters. The third-order valence-corrected chi connectivity index (χ3v) is 4.57. The second-order valence-electron chi connectivity index (χ2n) is 6.74. The number of hydrogen-bond acceptors (Lipinski definition) is 5. The zero-order chi connectivity index (χ0) is 20.8. The molecule has 1 heterocycles. The fraction of sp³-hybridized carbons (Fsp3) is 0.227. The molecule has 0 bridgehead atoms. The molecule has 0 fully saturated rings. The van der Waals surface area contributed by atoms with E-state index in [0.717, 1.165) is 22.3 Å². The summed E-state index contributed by atoms with van der Waals surface area (Å²) in [5.41, 5.74) is 4.61. The molecule has 0 radical (unpaired) electrons. The Morgan fingerprint density at radius 1 is 1.10 bits per heavy atom. The lowest BCUT2D eigenvalue weighted by Crippen LogP contribution is -2.32. The van der Waals surface area contributed by atoms with Crippen LogP contribution in [-0.4, -0.2) is 30.3 Å². The van der Waals surface area contributed by atoms with Crippen LogP contribution in [0, 0.1) is 25.2 Å². The van der Waals surface area contributed by atoms with Crippen LogP contribution in [-0.2, 0) is 0 Å². The van der Waals surface area contributed by atoms with Gasteiger partial charge in [0.15, 0.2) is 5.11 Å². The van der Waals surface area contributed by atoms with E-state index in [1.54, 1.807) is 7.11 Å². The number of thiocarbonyl (C=S) groups is 1. The highest BCUT2D eigenvalue weighted by atomic mass is 32.1. The van der Waals surface area contributed by atoms with E-state index in [4.69, 9.17) is 17.0 Å². The molecule has 29 heavy (non-hydrogen) atoms. The lowest BCUT2D eigenvalue weighted by atomic mass is 10.1. The van der Waals surface area contributed by atoms with Gasteiger partial charge in [-0.15, -0.1) is 0 Å². The van der Waals surface area contributed by atoms with Crippen molar-refractivity contribution in [3.8, 4) is 11.8 Å². The summed E-state index contributed by atoms with van der Waals surface area (Å²) in [5, 5.41) is 20.4. The average molecular weight is 406 g/mol. The summed E-state index contributed by atoms with van der Waals surface area (Å²) in [7, 11) is 1.61. The van der Waals surface area contributed by atoms with Gasteiger partial charge >= 0.3 is 0 Å². The highest BCUT2D eigenvalue weighted by Crippen LogP contribution is 2.23. The number of aryl methyl sites for hydroxylation is 2. The molecule has 0 spiro atoms. The van der Waals surface area contributed by atoms with E-state index in [-0.39, 0.29) is 0 Å². The molecular weight excluding hydrogens is 382 g/mol. The molecule has 0 saturated carbocycles. The molecule has 7 heteroatoms. The van der Waals surface area contributed by atoms with E-state index in [1.165, 1.54) is 11.1 Å². The SMILES string of the molecule is COc1ccc2nc(NCCNC(=S)Nc3cc(C)cc(C)c3)c(C#N)cc2c1. The molecule has 1 aromatic heterocycles. The number of nitrogens with one attached hydrogen (secondary N) is 3. The third-order valence-electron chi connectivity index (χ3n) is 4.32. The minimum Gasteiger partial charge on any atom is -0.497 e. The van der Waals surface area contributed by atoms with Gasteiger partial charge < -0.3 is 20.7 Å². The maximum atomic E-state index is 9.45. The summed E-state index contributed by atoms with van der Waals surface area (Å²) in [6.45, 7) is 5.26. The van der Waals surface area contributed by atoms with Crippen LogP contribution >= 0.6 is 12.2 Å². The summed E-state index contributed by atoms with van der Waals surface area (Å²) in [4.78, 5) is 4.56. The Kier molecular flexibility index (Phi) is 6.47. The molecule has 3 aromatic rings. The fourth-order valence-corrected chi connectivity index (χ4v) is 3.30. The van der Waals surface area contributed by atoms with Gasteiger partial charge in [-0.1, -0.05) is 6.07 Å². The first-order valence-corrected chi connectivity index (χ1v) is 9.65. The van der Waals surface area contributed by atoms with Crippen molar-refractivity contribution >= 4 is 39.7 Å². The Bertz CT molecular complexity index is 1070. The quantitative estimate of drug-likeness (QED) is 0.420. The smallest absolute Gasteiger partial charge is 0.170 e. The topological polar surface area (TPSA) is 82.0 Å². The van der Waals surface area contributed by atoms with Gasteiger partial charge in [-0.25, -0.2) is 4.98 Å².